The molecule has 20 heavy (non-hydrogen) atoms. The Labute approximate surface area is 126 Å². The molecule has 1 aromatic heterocycles. The molecule has 1 saturated heterocycles. The van der Waals surface area contributed by atoms with E-state index in [2.05, 4.69) is 5.16 Å². The Bertz CT molecular complexity index is 623. The smallest absolute Gasteiger partial charge is 0.276 e. The van der Waals surface area contributed by atoms with Crippen molar-refractivity contribution in [2.75, 3.05) is 24.6 Å². The molecule has 2 heterocycles. The number of hydrogen-bond acceptors (Lipinski definition) is 4. The fourth-order valence-electron chi connectivity index (χ4n) is 2.08. The first-order chi connectivity index (χ1) is 9.74. The number of rotatable bonds is 2. The van der Waals surface area contributed by atoms with Gasteiger partial charge in [-0.05, 0) is 12.1 Å². The van der Waals surface area contributed by atoms with Crippen molar-refractivity contribution in [3.8, 4) is 11.3 Å². The lowest BCUT2D eigenvalue weighted by atomic mass is 10.1. The average molecular weight is 309 g/mol. The standard InChI is InChI=1S/C14H13ClN2O2S/c15-11-3-1-2-10(8-11)13-9-12(16-19-13)14(18)17-4-6-20-7-5-17/h1-3,8-9H,4-7H2. The summed E-state index contributed by atoms with van der Waals surface area (Å²) >= 11 is 7.81. The Hall–Kier alpha value is -1.46. The third kappa shape index (κ3) is 2.83. The molecule has 104 valence electrons. The topological polar surface area (TPSA) is 46.3 Å². The molecule has 1 amide bonds. The highest BCUT2D eigenvalue weighted by Crippen LogP contribution is 2.24. The predicted molar refractivity (Wildman–Crippen MR) is 80.2 cm³/mol. The van der Waals surface area contributed by atoms with E-state index in [-0.39, 0.29) is 5.91 Å². The number of benzene rings is 1. The Balaban J connectivity index is 1.81. The molecular formula is C14H13ClN2O2S. The van der Waals surface area contributed by atoms with Crippen LogP contribution in [0.5, 0.6) is 0 Å². The maximum Gasteiger partial charge on any atom is 0.276 e. The van der Waals surface area contributed by atoms with Crippen LogP contribution >= 0.6 is 23.4 Å². The van der Waals surface area contributed by atoms with E-state index in [0.717, 1.165) is 30.2 Å². The molecular weight excluding hydrogens is 296 g/mol. The van der Waals surface area contributed by atoms with Gasteiger partial charge >= 0.3 is 0 Å². The van der Waals surface area contributed by atoms with E-state index < -0.39 is 0 Å². The number of thioether (sulfide) groups is 1. The van der Waals surface area contributed by atoms with Crippen molar-refractivity contribution < 1.29 is 9.32 Å². The summed E-state index contributed by atoms with van der Waals surface area (Å²) in [5.74, 6) is 2.44. The molecule has 0 aliphatic carbocycles. The molecule has 0 saturated carbocycles. The maximum atomic E-state index is 12.3. The summed E-state index contributed by atoms with van der Waals surface area (Å²) in [4.78, 5) is 14.1. The van der Waals surface area contributed by atoms with Gasteiger partial charge in [0.05, 0.1) is 0 Å². The molecule has 0 atom stereocenters. The number of carbonyl (C=O) groups excluding carboxylic acids is 1. The molecule has 1 fully saturated rings. The van der Waals surface area contributed by atoms with Gasteiger partial charge in [0.15, 0.2) is 11.5 Å². The van der Waals surface area contributed by atoms with E-state index in [4.69, 9.17) is 16.1 Å². The SMILES string of the molecule is O=C(c1cc(-c2cccc(Cl)c2)on1)N1CCSCC1. The first-order valence-corrected chi connectivity index (χ1v) is 7.87. The van der Waals surface area contributed by atoms with Crippen molar-refractivity contribution in [3.63, 3.8) is 0 Å². The fourth-order valence-corrected chi connectivity index (χ4v) is 3.18. The van der Waals surface area contributed by atoms with Crippen molar-refractivity contribution in [2.45, 2.75) is 0 Å². The molecule has 1 aliphatic heterocycles. The molecule has 6 heteroatoms. The normalized spacial score (nSPS) is 15.3. The van der Waals surface area contributed by atoms with Crippen molar-refractivity contribution in [1.82, 2.24) is 10.1 Å². The van der Waals surface area contributed by atoms with Gasteiger partial charge in [-0.1, -0.05) is 28.9 Å². The largest absolute Gasteiger partial charge is 0.355 e. The zero-order valence-electron chi connectivity index (χ0n) is 10.7. The minimum absolute atomic E-state index is 0.0673. The van der Waals surface area contributed by atoms with Gasteiger partial charge in [-0.3, -0.25) is 4.79 Å². The molecule has 0 bridgehead atoms. The third-order valence-electron chi connectivity index (χ3n) is 3.14. The minimum atomic E-state index is -0.0673. The lowest BCUT2D eigenvalue weighted by Gasteiger charge is -2.25. The summed E-state index contributed by atoms with van der Waals surface area (Å²) in [6, 6.07) is 8.96. The van der Waals surface area contributed by atoms with E-state index in [9.17, 15) is 4.79 Å². The first-order valence-electron chi connectivity index (χ1n) is 6.34. The lowest BCUT2D eigenvalue weighted by molar-refractivity contribution is 0.0762. The summed E-state index contributed by atoms with van der Waals surface area (Å²) in [6.07, 6.45) is 0. The highest BCUT2D eigenvalue weighted by Gasteiger charge is 2.22. The van der Waals surface area contributed by atoms with Crippen LogP contribution in [0.2, 0.25) is 5.02 Å². The van der Waals surface area contributed by atoms with Crippen molar-refractivity contribution >= 4 is 29.3 Å². The molecule has 2 aromatic rings. The summed E-state index contributed by atoms with van der Waals surface area (Å²) in [5, 5.41) is 4.51. The summed E-state index contributed by atoms with van der Waals surface area (Å²) in [5.41, 5.74) is 1.17. The zero-order chi connectivity index (χ0) is 13.9. The lowest BCUT2D eigenvalue weighted by Crippen LogP contribution is -2.38. The van der Waals surface area contributed by atoms with E-state index in [0.29, 0.717) is 16.5 Å². The number of carbonyl (C=O) groups is 1. The predicted octanol–water partition coefficient (Wildman–Crippen LogP) is 3.18. The highest BCUT2D eigenvalue weighted by atomic mass is 35.5. The van der Waals surface area contributed by atoms with Crippen LogP contribution in [0.15, 0.2) is 34.9 Å². The molecule has 0 spiro atoms. The van der Waals surface area contributed by atoms with Crippen LogP contribution in [0.1, 0.15) is 10.5 Å². The quantitative estimate of drug-likeness (QED) is 0.855. The first kappa shape index (κ1) is 13.5. The second-order valence-corrected chi connectivity index (χ2v) is 6.15. The number of amides is 1. The average Bonchev–Trinajstić information content (AvgIpc) is 2.97. The summed E-state index contributed by atoms with van der Waals surface area (Å²) < 4.78 is 5.26. The Morgan fingerprint density at radius 1 is 1.30 bits per heavy atom. The molecule has 4 nitrogen and oxygen atoms in total. The second-order valence-electron chi connectivity index (χ2n) is 4.49. The number of nitrogens with zero attached hydrogens (tertiary/aromatic N) is 2. The van der Waals surface area contributed by atoms with E-state index >= 15 is 0 Å². The van der Waals surface area contributed by atoms with Crippen LogP contribution in [0.25, 0.3) is 11.3 Å². The maximum absolute atomic E-state index is 12.3. The van der Waals surface area contributed by atoms with Gasteiger partial charge in [0.2, 0.25) is 0 Å². The van der Waals surface area contributed by atoms with E-state index in [1.807, 2.05) is 28.8 Å². The Morgan fingerprint density at radius 3 is 2.85 bits per heavy atom. The van der Waals surface area contributed by atoms with Gasteiger partial charge in [0, 0.05) is 41.2 Å². The van der Waals surface area contributed by atoms with Gasteiger partial charge in [-0.2, -0.15) is 11.8 Å². The molecule has 1 aliphatic rings. The van der Waals surface area contributed by atoms with Gasteiger partial charge in [-0.15, -0.1) is 0 Å². The summed E-state index contributed by atoms with van der Waals surface area (Å²) in [7, 11) is 0. The van der Waals surface area contributed by atoms with Crippen LogP contribution in [0.3, 0.4) is 0 Å². The van der Waals surface area contributed by atoms with E-state index in [1.54, 1.807) is 18.2 Å². The molecule has 0 N–H and O–H groups in total. The Morgan fingerprint density at radius 2 is 2.10 bits per heavy atom. The number of hydrogen-bond donors (Lipinski definition) is 0. The molecule has 1 aromatic carbocycles. The van der Waals surface area contributed by atoms with Gasteiger partial charge < -0.3 is 9.42 Å². The van der Waals surface area contributed by atoms with Crippen LogP contribution < -0.4 is 0 Å². The highest BCUT2D eigenvalue weighted by molar-refractivity contribution is 7.99. The van der Waals surface area contributed by atoms with Crippen LogP contribution in [0, 0.1) is 0 Å². The molecule has 0 unspecified atom stereocenters. The monoisotopic (exact) mass is 308 g/mol. The van der Waals surface area contributed by atoms with Crippen LogP contribution in [-0.2, 0) is 0 Å². The van der Waals surface area contributed by atoms with Crippen molar-refractivity contribution in [1.29, 1.82) is 0 Å². The molecule has 0 radical (unpaired) electrons. The van der Waals surface area contributed by atoms with Crippen LogP contribution in [-0.4, -0.2) is 40.6 Å². The second kappa shape index (κ2) is 5.89. The number of aromatic nitrogens is 1. The van der Waals surface area contributed by atoms with Gasteiger partial charge in [-0.25, -0.2) is 0 Å². The van der Waals surface area contributed by atoms with Gasteiger partial charge in [0.1, 0.15) is 0 Å². The minimum Gasteiger partial charge on any atom is -0.355 e. The van der Waals surface area contributed by atoms with Crippen LogP contribution in [0.4, 0.5) is 0 Å². The zero-order valence-corrected chi connectivity index (χ0v) is 12.3. The van der Waals surface area contributed by atoms with E-state index in [1.165, 1.54) is 0 Å². The summed E-state index contributed by atoms with van der Waals surface area (Å²) in [6.45, 7) is 1.53. The third-order valence-corrected chi connectivity index (χ3v) is 4.31. The van der Waals surface area contributed by atoms with Crippen molar-refractivity contribution in [3.05, 3.63) is 41.0 Å². The Kier molecular flexibility index (Phi) is 3.98. The molecule has 3 rings (SSSR count). The van der Waals surface area contributed by atoms with Gasteiger partial charge in [0.25, 0.3) is 5.91 Å². The van der Waals surface area contributed by atoms with Crippen molar-refractivity contribution in [2.24, 2.45) is 0 Å². The number of halogens is 1. The fraction of sp³-hybridized carbons (Fsp3) is 0.286.